The van der Waals surface area contributed by atoms with Gasteiger partial charge in [-0.1, -0.05) is 60.7 Å². The molecule has 0 saturated heterocycles. The Balaban J connectivity index is 1.56. The predicted molar refractivity (Wildman–Crippen MR) is 97.2 cm³/mol. The highest BCUT2D eigenvalue weighted by molar-refractivity contribution is 5.96. The summed E-state index contributed by atoms with van der Waals surface area (Å²) in [6.45, 7) is 1.58. The summed E-state index contributed by atoms with van der Waals surface area (Å²) in [6, 6.07) is 22.6. The van der Waals surface area contributed by atoms with Crippen LogP contribution in [0.5, 0.6) is 0 Å². The third-order valence-corrected chi connectivity index (χ3v) is 4.00. The number of hydrogen-bond acceptors (Lipinski definition) is 3. The minimum Gasteiger partial charge on any atom is -0.452 e. The molecule has 1 atom stereocenters. The number of ether oxygens (including phenoxy) is 1. The second-order valence-electron chi connectivity index (χ2n) is 5.84. The Morgan fingerprint density at radius 1 is 0.920 bits per heavy atom. The van der Waals surface area contributed by atoms with Gasteiger partial charge >= 0.3 is 5.97 Å². The predicted octanol–water partition coefficient (Wildman–Crippen LogP) is 3.87. The van der Waals surface area contributed by atoms with Crippen LogP contribution in [0.2, 0.25) is 0 Å². The van der Waals surface area contributed by atoms with Gasteiger partial charge in [-0.15, -0.1) is 0 Å². The van der Waals surface area contributed by atoms with Crippen LogP contribution in [0.1, 0.15) is 28.9 Å². The highest BCUT2D eigenvalue weighted by atomic mass is 16.5. The molecular weight excluding hydrogens is 314 g/mol. The number of benzene rings is 3. The summed E-state index contributed by atoms with van der Waals surface area (Å²) in [5.74, 6) is -0.834. The van der Waals surface area contributed by atoms with Crippen molar-refractivity contribution < 1.29 is 14.3 Å². The third kappa shape index (κ3) is 4.23. The van der Waals surface area contributed by atoms with E-state index in [-0.39, 0.29) is 18.6 Å². The Morgan fingerprint density at radius 2 is 1.60 bits per heavy atom. The summed E-state index contributed by atoms with van der Waals surface area (Å²) in [7, 11) is 0. The number of amides is 1. The molecule has 0 heterocycles. The zero-order valence-electron chi connectivity index (χ0n) is 13.9. The van der Waals surface area contributed by atoms with Gasteiger partial charge in [0.25, 0.3) is 5.91 Å². The quantitative estimate of drug-likeness (QED) is 0.721. The van der Waals surface area contributed by atoms with Crippen LogP contribution in [-0.4, -0.2) is 18.5 Å². The summed E-state index contributed by atoms with van der Waals surface area (Å²) in [4.78, 5) is 24.1. The first-order chi connectivity index (χ1) is 12.1. The first kappa shape index (κ1) is 16.7. The summed E-state index contributed by atoms with van der Waals surface area (Å²) in [6.07, 6.45) is 0. The van der Waals surface area contributed by atoms with E-state index in [1.54, 1.807) is 12.1 Å². The molecule has 25 heavy (non-hydrogen) atoms. The Hall–Kier alpha value is -3.14. The fourth-order valence-electron chi connectivity index (χ4n) is 2.64. The Kier molecular flexibility index (Phi) is 5.09. The normalized spacial score (nSPS) is 11.7. The van der Waals surface area contributed by atoms with Crippen molar-refractivity contribution in [2.75, 3.05) is 6.61 Å². The van der Waals surface area contributed by atoms with Gasteiger partial charge in [0.2, 0.25) is 0 Å². The minimum atomic E-state index is -0.506. The molecule has 3 aromatic carbocycles. The fourth-order valence-corrected chi connectivity index (χ4v) is 2.64. The monoisotopic (exact) mass is 333 g/mol. The van der Waals surface area contributed by atoms with Gasteiger partial charge in [-0.2, -0.15) is 0 Å². The summed E-state index contributed by atoms with van der Waals surface area (Å²) in [5, 5.41) is 4.82. The van der Waals surface area contributed by atoms with Crippen molar-refractivity contribution >= 4 is 22.6 Å². The van der Waals surface area contributed by atoms with Gasteiger partial charge < -0.3 is 10.1 Å². The molecule has 0 radical (unpaired) electrons. The summed E-state index contributed by atoms with van der Waals surface area (Å²) >= 11 is 0. The Labute approximate surface area is 146 Å². The summed E-state index contributed by atoms with van der Waals surface area (Å²) < 4.78 is 5.12. The fraction of sp³-hybridized carbons (Fsp3) is 0.143. The first-order valence-electron chi connectivity index (χ1n) is 8.14. The third-order valence-electron chi connectivity index (χ3n) is 4.00. The summed E-state index contributed by atoms with van der Waals surface area (Å²) in [5.41, 5.74) is 1.43. The number of nitrogens with one attached hydrogen (secondary N) is 1. The molecule has 0 spiro atoms. The zero-order valence-corrected chi connectivity index (χ0v) is 13.9. The standard InChI is InChI=1S/C21H19NO3/c1-15(16-7-3-2-4-8-16)22-20(23)14-25-21(24)19-12-11-17-9-5-6-10-18(17)13-19/h2-13,15H,14H2,1H3,(H,22,23)/t15-/m0/s1. The van der Waals surface area contributed by atoms with Gasteiger partial charge in [0, 0.05) is 0 Å². The second kappa shape index (κ2) is 7.62. The van der Waals surface area contributed by atoms with Gasteiger partial charge in [0.1, 0.15) is 0 Å². The number of esters is 1. The molecule has 1 N–H and O–H groups in total. The number of carbonyl (C=O) groups excluding carboxylic acids is 2. The van der Waals surface area contributed by atoms with Crippen molar-refractivity contribution in [3.8, 4) is 0 Å². The lowest BCUT2D eigenvalue weighted by atomic mass is 10.1. The lowest BCUT2D eigenvalue weighted by molar-refractivity contribution is -0.124. The largest absolute Gasteiger partial charge is 0.452 e. The van der Waals surface area contributed by atoms with Crippen molar-refractivity contribution in [1.29, 1.82) is 0 Å². The van der Waals surface area contributed by atoms with E-state index in [0.29, 0.717) is 5.56 Å². The van der Waals surface area contributed by atoms with Crippen molar-refractivity contribution in [2.24, 2.45) is 0 Å². The van der Waals surface area contributed by atoms with E-state index in [0.717, 1.165) is 16.3 Å². The van der Waals surface area contributed by atoms with Crippen molar-refractivity contribution in [1.82, 2.24) is 5.32 Å². The van der Waals surface area contributed by atoms with E-state index < -0.39 is 5.97 Å². The Bertz CT molecular complexity index is 890. The van der Waals surface area contributed by atoms with Crippen LogP contribution in [0, 0.1) is 0 Å². The van der Waals surface area contributed by atoms with E-state index in [1.165, 1.54) is 0 Å². The molecule has 1 amide bonds. The number of fused-ring (bicyclic) bond motifs is 1. The van der Waals surface area contributed by atoms with Crippen molar-refractivity contribution in [3.05, 3.63) is 83.9 Å². The minimum absolute atomic E-state index is 0.145. The van der Waals surface area contributed by atoms with E-state index >= 15 is 0 Å². The van der Waals surface area contributed by atoms with E-state index in [2.05, 4.69) is 5.32 Å². The molecule has 0 fully saturated rings. The molecule has 4 heteroatoms. The molecule has 0 saturated carbocycles. The average molecular weight is 333 g/mol. The highest BCUT2D eigenvalue weighted by Gasteiger charge is 2.13. The molecule has 3 aromatic rings. The molecule has 0 aromatic heterocycles. The molecule has 3 rings (SSSR count). The van der Waals surface area contributed by atoms with Gasteiger partial charge in [0.05, 0.1) is 11.6 Å². The first-order valence-corrected chi connectivity index (χ1v) is 8.14. The van der Waals surface area contributed by atoms with Crippen LogP contribution in [0.15, 0.2) is 72.8 Å². The highest BCUT2D eigenvalue weighted by Crippen LogP contribution is 2.16. The van der Waals surface area contributed by atoms with Crippen LogP contribution in [0.25, 0.3) is 10.8 Å². The van der Waals surface area contributed by atoms with Crippen LogP contribution >= 0.6 is 0 Å². The molecule has 0 unspecified atom stereocenters. The molecular formula is C21H19NO3. The molecule has 0 aliphatic rings. The molecule has 0 bridgehead atoms. The number of carbonyl (C=O) groups is 2. The van der Waals surface area contributed by atoms with Gasteiger partial charge in [-0.05, 0) is 35.4 Å². The molecule has 4 nitrogen and oxygen atoms in total. The van der Waals surface area contributed by atoms with Crippen molar-refractivity contribution in [3.63, 3.8) is 0 Å². The lowest BCUT2D eigenvalue weighted by Gasteiger charge is -2.14. The van der Waals surface area contributed by atoms with E-state index in [1.807, 2.05) is 67.6 Å². The van der Waals surface area contributed by atoms with Crippen LogP contribution in [0.4, 0.5) is 0 Å². The molecule has 126 valence electrons. The second-order valence-corrected chi connectivity index (χ2v) is 5.84. The van der Waals surface area contributed by atoms with E-state index in [9.17, 15) is 9.59 Å². The SMILES string of the molecule is C[C@H](NC(=O)COC(=O)c1ccc2ccccc2c1)c1ccccc1. The average Bonchev–Trinajstić information content (AvgIpc) is 2.66. The molecule has 0 aliphatic carbocycles. The van der Waals surface area contributed by atoms with Gasteiger partial charge in [-0.25, -0.2) is 4.79 Å². The van der Waals surface area contributed by atoms with Gasteiger partial charge in [-0.3, -0.25) is 4.79 Å². The topological polar surface area (TPSA) is 55.4 Å². The number of rotatable bonds is 5. The number of hydrogen-bond donors (Lipinski definition) is 1. The smallest absolute Gasteiger partial charge is 0.338 e. The maximum absolute atomic E-state index is 12.1. The Morgan fingerprint density at radius 3 is 2.36 bits per heavy atom. The van der Waals surface area contributed by atoms with Crippen LogP contribution in [0.3, 0.4) is 0 Å². The van der Waals surface area contributed by atoms with E-state index in [4.69, 9.17) is 4.74 Å². The molecule has 0 aliphatic heterocycles. The maximum atomic E-state index is 12.1. The van der Waals surface area contributed by atoms with Crippen LogP contribution in [-0.2, 0) is 9.53 Å². The maximum Gasteiger partial charge on any atom is 0.338 e. The van der Waals surface area contributed by atoms with Crippen LogP contribution < -0.4 is 5.32 Å². The van der Waals surface area contributed by atoms with Gasteiger partial charge in [0.15, 0.2) is 6.61 Å². The zero-order chi connectivity index (χ0) is 17.6. The lowest BCUT2D eigenvalue weighted by Crippen LogP contribution is -2.31. The van der Waals surface area contributed by atoms with Crippen molar-refractivity contribution in [2.45, 2.75) is 13.0 Å².